The van der Waals surface area contributed by atoms with Crippen LogP contribution in [0.4, 0.5) is 5.69 Å². The van der Waals surface area contributed by atoms with Crippen molar-refractivity contribution in [1.82, 2.24) is 14.9 Å². The van der Waals surface area contributed by atoms with Crippen molar-refractivity contribution < 1.29 is 23.6 Å². The Labute approximate surface area is 324 Å². The molecule has 0 spiro atoms. The summed E-state index contributed by atoms with van der Waals surface area (Å²) >= 11 is 6.50. The van der Waals surface area contributed by atoms with Crippen LogP contribution in [0.25, 0.3) is 0 Å². The second-order valence-electron chi connectivity index (χ2n) is 15.7. The molecule has 4 aliphatic rings. The first-order valence-electron chi connectivity index (χ1n) is 20.1. The summed E-state index contributed by atoms with van der Waals surface area (Å²) in [6.45, 7) is 15.4. The van der Waals surface area contributed by atoms with E-state index in [1.54, 1.807) is 6.07 Å². The zero-order valence-electron chi connectivity index (χ0n) is 32.6. The molecular weight excluding hydrogens is 708 g/mol. The Morgan fingerprint density at radius 3 is 2.60 bits per heavy atom. The maximum atomic E-state index is 14.0. The molecule has 3 heterocycles. The summed E-state index contributed by atoms with van der Waals surface area (Å²) in [7, 11) is -1.88. The molecule has 11 heteroatoms. The molecule has 1 saturated carbocycles. The number of carbonyl (C=O) groups is 1. The topological polar surface area (TPSA) is 103 Å². The number of amides is 1. The molecule has 3 N–H and O–H groups in total. The third-order valence-electron chi connectivity index (χ3n) is 12.2. The van der Waals surface area contributed by atoms with Gasteiger partial charge >= 0.3 is 0 Å². The second kappa shape index (κ2) is 20.0. The highest BCUT2D eigenvalue weighted by Gasteiger charge is 2.40. The van der Waals surface area contributed by atoms with Gasteiger partial charge in [0.05, 0.1) is 28.6 Å². The van der Waals surface area contributed by atoms with Crippen LogP contribution in [0.5, 0.6) is 5.75 Å². The molecule has 2 bridgehead atoms. The van der Waals surface area contributed by atoms with Crippen LogP contribution in [0.1, 0.15) is 93.1 Å². The van der Waals surface area contributed by atoms with Crippen LogP contribution < -0.4 is 19.7 Å². The molecule has 3 aliphatic heterocycles. The van der Waals surface area contributed by atoms with Crippen LogP contribution in [-0.2, 0) is 20.9 Å². The van der Waals surface area contributed by atoms with Crippen LogP contribution in [-0.4, -0.2) is 104 Å². The fourth-order valence-electron chi connectivity index (χ4n) is 8.87. The van der Waals surface area contributed by atoms with Crippen LogP contribution in [0.2, 0.25) is 5.02 Å². The molecule has 2 aromatic carbocycles. The number of rotatable bonds is 5. The van der Waals surface area contributed by atoms with Gasteiger partial charge in [-0.2, -0.15) is 0 Å². The number of aliphatic hydroxyl groups is 1. The molecule has 53 heavy (non-hydrogen) atoms. The largest absolute Gasteiger partial charge is 0.491 e. The second-order valence-corrected chi connectivity index (χ2v) is 18.6. The van der Waals surface area contributed by atoms with Gasteiger partial charge in [0.2, 0.25) is 0 Å². The normalized spacial score (nSPS) is 30.6. The minimum atomic E-state index is -2.88. The van der Waals surface area contributed by atoms with Gasteiger partial charge in [-0.1, -0.05) is 44.4 Å². The summed E-state index contributed by atoms with van der Waals surface area (Å²) in [5.41, 5.74) is 4.02. The molecule has 7 atom stereocenters. The first kappa shape index (κ1) is 41.8. The summed E-state index contributed by atoms with van der Waals surface area (Å²) in [4.78, 5) is 18.9. The monoisotopic (exact) mass is 772 g/mol. The lowest BCUT2D eigenvalue weighted by atomic mass is 9.65. The first-order chi connectivity index (χ1) is 25.6. The van der Waals surface area contributed by atoms with E-state index in [0.29, 0.717) is 29.9 Å². The van der Waals surface area contributed by atoms with Crippen molar-refractivity contribution in [2.24, 2.45) is 23.7 Å². The number of benzene rings is 2. The van der Waals surface area contributed by atoms with Gasteiger partial charge in [-0.3, -0.25) is 9.52 Å². The van der Waals surface area contributed by atoms with E-state index >= 15 is 0 Å². The maximum Gasteiger partial charge on any atom is 0.262 e. The standard InChI is InChI=1S/C41H61ClN4O4S.CH4O/c1-5-8-31-23-36(42)13-15-37(31)35-27-46-26-34-11-14-38(34)33(25-45-19-7-21-49-22-18-43-17-20-45)10-6-9-29(2)30(3)51(4,48)44-41(47)32-12-16-40(50-28-35)39(46)24-32;1-2/h12-13,15-16,23-24,29-30,33-35,38,43H,4-11,14,17-22,25-28H2,1-3H3,(H,44,47,48);2H,1H3. The van der Waals surface area contributed by atoms with Crippen molar-refractivity contribution in [3.05, 3.63) is 58.1 Å². The number of ether oxygens (including phenoxy) is 2. The predicted molar refractivity (Wildman–Crippen MR) is 220 cm³/mol. The molecule has 2 fully saturated rings. The van der Waals surface area contributed by atoms with E-state index in [1.807, 2.05) is 25.1 Å². The van der Waals surface area contributed by atoms with Crippen LogP contribution in [0, 0.1) is 23.7 Å². The number of hydrogen-bond donors (Lipinski definition) is 3. The van der Waals surface area contributed by atoms with Gasteiger partial charge in [-0.15, -0.1) is 0 Å². The van der Waals surface area contributed by atoms with E-state index in [2.05, 4.69) is 51.7 Å². The molecule has 7 unspecified atom stereocenters. The van der Waals surface area contributed by atoms with E-state index < -0.39 is 9.71 Å². The Kier molecular flexibility index (Phi) is 15.8. The van der Waals surface area contributed by atoms with Gasteiger partial charge in [0.15, 0.2) is 0 Å². The van der Waals surface area contributed by atoms with E-state index in [0.717, 1.165) is 121 Å². The Bertz CT molecular complexity index is 1580. The van der Waals surface area contributed by atoms with E-state index in [4.69, 9.17) is 26.2 Å². The SMILES string of the molecule is C=S1(=O)NC(=O)c2ccc3c(c2)N(CC(c2ccc(Cl)cc2CCC)CO3)CC2CCC2C(CN2CCCOCCNCC2)CCCC(C)C1C.CO. The van der Waals surface area contributed by atoms with Crippen LogP contribution in [0.3, 0.4) is 0 Å². The molecule has 1 saturated heterocycles. The molecule has 2 aromatic rings. The van der Waals surface area contributed by atoms with Crippen molar-refractivity contribution in [3.63, 3.8) is 0 Å². The first-order valence-corrected chi connectivity index (χ1v) is 22.2. The Hall–Kier alpha value is -2.34. The van der Waals surface area contributed by atoms with Crippen molar-refractivity contribution in [2.75, 3.05) is 77.6 Å². The summed E-state index contributed by atoms with van der Waals surface area (Å²) in [6, 6.07) is 12.0. The summed E-state index contributed by atoms with van der Waals surface area (Å²) in [5.74, 6) is 6.65. The molecule has 9 nitrogen and oxygen atoms in total. The summed E-state index contributed by atoms with van der Waals surface area (Å²) < 4.78 is 29.3. The van der Waals surface area contributed by atoms with Crippen molar-refractivity contribution in [2.45, 2.75) is 83.3 Å². The lowest BCUT2D eigenvalue weighted by Crippen LogP contribution is -2.46. The highest BCUT2D eigenvalue weighted by Crippen LogP contribution is 2.45. The Morgan fingerprint density at radius 1 is 1.00 bits per heavy atom. The summed E-state index contributed by atoms with van der Waals surface area (Å²) in [5, 5.41) is 11.1. The molecule has 296 valence electrons. The lowest BCUT2D eigenvalue weighted by molar-refractivity contribution is 0.0611. The van der Waals surface area contributed by atoms with Gasteiger partial charge in [-0.05, 0) is 116 Å². The van der Waals surface area contributed by atoms with E-state index in [9.17, 15) is 9.00 Å². The lowest BCUT2D eigenvalue weighted by Gasteiger charge is -2.46. The number of carbonyl (C=O) groups excluding carboxylic acids is 1. The zero-order chi connectivity index (χ0) is 38.0. The predicted octanol–water partition coefficient (Wildman–Crippen LogP) is 6.41. The number of anilines is 1. The quantitative estimate of drug-likeness (QED) is 0.300. The smallest absolute Gasteiger partial charge is 0.262 e. The van der Waals surface area contributed by atoms with Gasteiger partial charge in [-0.25, -0.2) is 4.21 Å². The molecule has 1 aliphatic carbocycles. The number of nitrogens with one attached hydrogen (secondary N) is 2. The van der Waals surface area contributed by atoms with Gasteiger partial charge in [0.1, 0.15) is 5.75 Å². The highest BCUT2D eigenvalue weighted by molar-refractivity contribution is 7.99. The Morgan fingerprint density at radius 2 is 1.83 bits per heavy atom. The van der Waals surface area contributed by atoms with Gasteiger partial charge in [0, 0.05) is 81.3 Å². The molecule has 6 rings (SSSR count). The molecule has 0 radical (unpaired) electrons. The molecular formula is C42H65ClN4O5S. The fraction of sp³-hybridized carbons (Fsp3) is 0.667. The molecule has 0 aromatic heterocycles. The summed E-state index contributed by atoms with van der Waals surface area (Å²) in [6.07, 6.45) is 8.75. The van der Waals surface area contributed by atoms with Crippen LogP contribution in [0.15, 0.2) is 36.4 Å². The molecule has 1 amide bonds. The third-order valence-corrected chi connectivity index (χ3v) is 14.7. The van der Waals surface area contributed by atoms with Crippen molar-refractivity contribution >= 4 is 38.8 Å². The van der Waals surface area contributed by atoms with E-state index in [1.165, 1.54) is 24.0 Å². The van der Waals surface area contributed by atoms with Crippen LogP contribution >= 0.6 is 11.6 Å². The fourth-order valence-corrected chi connectivity index (χ4v) is 10.6. The Balaban J connectivity index is 0.00000266. The van der Waals surface area contributed by atoms with E-state index in [-0.39, 0.29) is 23.0 Å². The third kappa shape index (κ3) is 10.9. The minimum absolute atomic E-state index is 0.151. The minimum Gasteiger partial charge on any atom is -0.491 e. The van der Waals surface area contributed by atoms with Gasteiger partial charge in [0.25, 0.3) is 5.91 Å². The van der Waals surface area contributed by atoms with Crippen molar-refractivity contribution in [3.8, 4) is 5.75 Å². The number of nitrogens with zero attached hydrogens (tertiary/aromatic N) is 2. The van der Waals surface area contributed by atoms with Gasteiger partial charge < -0.3 is 29.7 Å². The maximum absolute atomic E-state index is 14.0. The number of halogens is 1. The number of aliphatic hydroxyl groups excluding tert-OH is 1. The highest BCUT2D eigenvalue weighted by atomic mass is 35.5. The average Bonchev–Trinajstić information content (AvgIpc) is 3.31. The number of aryl methyl sites for hydroxylation is 1. The number of hydrogen-bond acceptors (Lipinski definition) is 8. The average molecular weight is 774 g/mol. The van der Waals surface area contributed by atoms with Crippen molar-refractivity contribution in [1.29, 1.82) is 0 Å². The number of fused-ring (bicyclic) bond motifs is 2. The zero-order valence-corrected chi connectivity index (χ0v) is 34.2.